The predicted octanol–water partition coefficient (Wildman–Crippen LogP) is 2.53. The van der Waals surface area contributed by atoms with Crippen LogP contribution in [0.1, 0.15) is 25.5 Å². The average Bonchev–Trinajstić information content (AvgIpc) is 3.43. The van der Waals surface area contributed by atoms with Crippen LogP contribution in [0.25, 0.3) is 0 Å². The summed E-state index contributed by atoms with van der Waals surface area (Å²) < 4.78 is 57.1. The molecule has 4 rings (SSSR count). The third-order valence-corrected chi connectivity index (χ3v) is 5.26. The second-order valence-electron chi connectivity index (χ2n) is 8.03. The van der Waals surface area contributed by atoms with Crippen molar-refractivity contribution >= 4 is 29.1 Å². The van der Waals surface area contributed by atoms with E-state index >= 15 is 0 Å². The zero-order valence-electron chi connectivity index (χ0n) is 18.4. The highest BCUT2D eigenvalue weighted by molar-refractivity contribution is 5.73. The number of nitrogens with zero attached hydrogens (tertiary/aromatic N) is 4. The van der Waals surface area contributed by atoms with Crippen LogP contribution in [-0.4, -0.2) is 75.1 Å². The van der Waals surface area contributed by atoms with E-state index in [-0.39, 0.29) is 18.3 Å². The molecular weight excluding hydrogens is 481 g/mol. The number of carboxylic acid groups (broad SMARTS) is 1. The van der Waals surface area contributed by atoms with Crippen LogP contribution in [0.3, 0.4) is 0 Å². The summed E-state index contributed by atoms with van der Waals surface area (Å²) in [6.45, 7) is 3.71. The Morgan fingerprint density at radius 2 is 1.91 bits per heavy atom. The van der Waals surface area contributed by atoms with E-state index in [9.17, 15) is 27.1 Å². The van der Waals surface area contributed by atoms with Gasteiger partial charge in [-0.2, -0.15) is 13.2 Å². The number of aliphatic carboxylic acids is 1. The Hall–Kier alpha value is -3.33. The molecule has 0 aliphatic carbocycles. The van der Waals surface area contributed by atoms with Gasteiger partial charge in [-0.05, 0) is 13.3 Å². The zero-order chi connectivity index (χ0) is 25.8. The summed E-state index contributed by atoms with van der Waals surface area (Å²) >= 11 is 0. The minimum Gasteiger partial charge on any atom is -0.475 e. The molecule has 2 aliphatic rings. The number of carbonyl (C=O) groups is 1. The van der Waals surface area contributed by atoms with Crippen LogP contribution in [0.5, 0.6) is 0 Å². The van der Waals surface area contributed by atoms with E-state index in [0.29, 0.717) is 29.5 Å². The second-order valence-corrected chi connectivity index (χ2v) is 8.03. The van der Waals surface area contributed by atoms with Crippen LogP contribution in [-0.2, 0) is 4.79 Å². The Morgan fingerprint density at radius 3 is 2.40 bits per heavy atom. The Labute approximate surface area is 196 Å². The SMILES string of the molecule is CC(CO)Nc1cc(N2CC3CC2CN3)cc(Nc2cnc(C(F)F)cn2)n1.O=C(O)C(F)(F)F. The van der Waals surface area contributed by atoms with Crippen LogP contribution in [0, 0.1) is 0 Å². The summed E-state index contributed by atoms with van der Waals surface area (Å²) in [5.41, 5.74) is 0.642. The highest BCUT2D eigenvalue weighted by Crippen LogP contribution is 2.32. The maximum atomic E-state index is 12.7. The first-order valence-electron chi connectivity index (χ1n) is 10.5. The Bertz CT molecular complexity index is 1010. The molecule has 2 bridgehead atoms. The molecule has 0 amide bonds. The van der Waals surface area contributed by atoms with E-state index in [0.717, 1.165) is 31.4 Å². The van der Waals surface area contributed by atoms with Crippen molar-refractivity contribution in [1.29, 1.82) is 0 Å². The van der Waals surface area contributed by atoms with Gasteiger partial charge in [0, 0.05) is 49.0 Å². The molecular formula is C20H24F5N7O3. The van der Waals surface area contributed by atoms with Crippen molar-refractivity contribution in [2.45, 2.75) is 44.1 Å². The molecule has 0 saturated carbocycles. The molecule has 2 aromatic heterocycles. The number of rotatable bonds is 7. The number of alkyl halides is 5. The van der Waals surface area contributed by atoms with Gasteiger partial charge >= 0.3 is 12.1 Å². The van der Waals surface area contributed by atoms with E-state index in [2.05, 4.69) is 35.8 Å². The first-order chi connectivity index (χ1) is 16.5. The van der Waals surface area contributed by atoms with Crippen molar-refractivity contribution in [2.75, 3.05) is 35.2 Å². The third kappa shape index (κ3) is 7.08. The summed E-state index contributed by atoms with van der Waals surface area (Å²) in [6.07, 6.45) is -4.31. The molecule has 3 unspecified atom stereocenters. The number of nitrogens with one attached hydrogen (secondary N) is 3. The normalized spacial score (nSPS) is 19.8. The molecule has 0 aromatic carbocycles. The van der Waals surface area contributed by atoms with Gasteiger partial charge in [0.25, 0.3) is 6.43 Å². The van der Waals surface area contributed by atoms with Crippen LogP contribution < -0.4 is 20.9 Å². The number of aromatic nitrogens is 3. The highest BCUT2D eigenvalue weighted by Gasteiger charge is 2.38. The molecule has 0 spiro atoms. The van der Waals surface area contributed by atoms with E-state index in [4.69, 9.17) is 9.90 Å². The number of hydrogen-bond acceptors (Lipinski definition) is 9. The molecule has 5 N–H and O–H groups in total. The Balaban J connectivity index is 0.000000429. The summed E-state index contributed by atoms with van der Waals surface area (Å²) in [7, 11) is 0. The van der Waals surface area contributed by atoms with Gasteiger partial charge in [0.15, 0.2) is 0 Å². The standard InChI is InChI=1S/C18H23F2N7O.C2HF3O2/c1-10(9-28)24-15-3-12(27-8-11-2-13(27)5-21-11)4-16(25-15)26-17-7-22-14(6-23-17)18(19)20;3-2(4,5)1(6)7/h3-4,6-7,10-11,13,18,21,28H,2,5,8-9H2,1H3,(H2,23,24,25,26);(H,6,7). The van der Waals surface area contributed by atoms with E-state index in [1.165, 1.54) is 6.20 Å². The van der Waals surface area contributed by atoms with Gasteiger partial charge in [-0.3, -0.25) is 0 Å². The lowest BCUT2D eigenvalue weighted by Gasteiger charge is -2.30. The molecule has 2 saturated heterocycles. The van der Waals surface area contributed by atoms with Gasteiger partial charge in [0.1, 0.15) is 23.1 Å². The number of halogens is 5. The second kappa shape index (κ2) is 10.9. The third-order valence-electron chi connectivity index (χ3n) is 5.26. The van der Waals surface area contributed by atoms with Gasteiger partial charge in [-0.1, -0.05) is 0 Å². The lowest BCUT2D eigenvalue weighted by molar-refractivity contribution is -0.192. The van der Waals surface area contributed by atoms with Crippen LogP contribution >= 0.6 is 0 Å². The van der Waals surface area contributed by atoms with Crippen molar-refractivity contribution in [3.63, 3.8) is 0 Å². The number of aliphatic hydroxyl groups is 1. The fourth-order valence-corrected chi connectivity index (χ4v) is 3.64. The van der Waals surface area contributed by atoms with E-state index in [1.807, 2.05) is 19.1 Å². The molecule has 15 heteroatoms. The van der Waals surface area contributed by atoms with Gasteiger partial charge < -0.3 is 31.1 Å². The number of hydrogen-bond donors (Lipinski definition) is 5. The van der Waals surface area contributed by atoms with Crippen molar-refractivity contribution in [1.82, 2.24) is 20.3 Å². The fourth-order valence-electron chi connectivity index (χ4n) is 3.64. The molecule has 3 atom stereocenters. The topological polar surface area (TPSA) is 136 Å². The van der Waals surface area contributed by atoms with E-state index in [1.54, 1.807) is 0 Å². The first-order valence-corrected chi connectivity index (χ1v) is 10.5. The maximum Gasteiger partial charge on any atom is 0.490 e. The average molecular weight is 505 g/mol. The van der Waals surface area contributed by atoms with Crippen molar-refractivity contribution in [2.24, 2.45) is 0 Å². The Kier molecular flexibility index (Phi) is 8.22. The summed E-state index contributed by atoms with van der Waals surface area (Å²) in [6, 6.07) is 4.66. The van der Waals surface area contributed by atoms with Gasteiger partial charge in [0.05, 0.1) is 19.0 Å². The van der Waals surface area contributed by atoms with Gasteiger partial charge in [-0.25, -0.2) is 28.5 Å². The van der Waals surface area contributed by atoms with Crippen LogP contribution in [0.4, 0.5) is 45.1 Å². The zero-order valence-corrected chi connectivity index (χ0v) is 18.4. The predicted molar refractivity (Wildman–Crippen MR) is 116 cm³/mol. The fraction of sp³-hybridized carbons (Fsp3) is 0.500. The van der Waals surface area contributed by atoms with Gasteiger partial charge in [0.2, 0.25) is 0 Å². The lowest BCUT2D eigenvalue weighted by atomic mass is 10.2. The minimum atomic E-state index is -5.08. The number of piperazine rings is 1. The molecule has 0 radical (unpaired) electrons. The minimum absolute atomic E-state index is 0.0203. The number of fused-ring (bicyclic) bond motifs is 2. The molecule has 4 heterocycles. The molecule has 192 valence electrons. The number of aliphatic hydroxyl groups excluding tert-OH is 1. The number of carboxylic acids is 1. The van der Waals surface area contributed by atoms with Crippen LogP contribution in [0.2, 0.25) is 0 Å². The quantitative estimate of drug-likeness (QED) is 0.357. The molecule has 10 nitrogen and oxygen atoms in total. The summed E-state index contributed by atoms with van der Waals surface area (Å²) in [5.74, 6) is -1.28. The molecule has 2 aliphatic heterocycles. The van der Waals surface area contributed by atoms with Crippen molar-refractivity contribution < 1.29 is 37.0 Å². The molecule has 35 heavy (non-hydrogen) atoms. The van der Waals surface area contributed by atoms with Gasteiger partial charge in [-0.15, -0.1) is 0 Å². The summed E-state index contributed by atoms with van der Waals surface area (Å²) in [5, 5.41) is 26.1. The largest absolute Gasteiger partial charge is 0.490 e. The Morgan fingerprint density at radius 1 is 1.23 bits per heavy atom. The first kappa shape index (κ1) is 26.3. The van der Waals surface area contributed by atoms with Crippen LogP contribution in [0.15, 0.2) is 24.5 Å². The maximum absolute atomic E-state index is 12.7. The number of anilines is 4. The monoisotopic (exact) mass is 505 g/mol. The smallest absolute Gasteiger partial charge is 0.475 e. The molecule has 2 aromatic rings. The van der Waals surface area contributed by atoms with Crippen molar-refractivity contribution in [3.05, 3.63) is 30.2 Å². The highest BCUT2D eigenvalue weighted by atomic mass is 19.4. The lowest BCUT2D eigenvalue weighted by Crippen LogP contribution is -2.43. The van der Waals surface area contributed by atoms with E-state index < -0.39 is 18.6 Å². The number of pyridine rings is 1. The van der Waals surface area contributed by atoms with Crippen molar-refractivity contribution in [3.8, 4) is 0 Å². The molecule has 2 fully saturated rings. The summed E-state index contributed by atoms with van der Waals surface area (Å²) in [4.78, 5) is 23.5.